The van der Waals surface area contributed by atoms with Crippen molar-refractivity contribution in [2.75, 3.05) is 26.2 Å². The molecule has 1 aliphatic rings. The zero-order chi connectivity index (χ0) is 12.5. The van der Waals surface area contributed by atoms with Crippen LogP contribution in [0.4, 0.5) is 0 Å². The van der Waals surface area contributed by atoms with Crippen LogP contribution in [0.3, 0.4) is 0 Å². The number of nitrogens with zero attached hydrogens (tertiary/aromatic N) is 1. The first-order valence-corrected chi connectivity index (χ1v) is 7.26. The number of hydrogen-bond acceptors (Lipinski definition) is 2. The molecule has 3 heteroatoms. The lowest BCUT2D eigenvalue weighted by Gasteiger charge is -2.21. The van der Waals surface area contributed by atoms with Gasteiger partial charge in [0.1, 0.15) is 0 Å². The highest BCUT2D eigenvalue weighted by molar-refractivity contribution is 5.76. The Bertz CT molecular complexity index is 218. The van der Waals surface area contributed by atoms with Crippen molar-refractivity contribution in [3.05, 3.63) is 0 Å². The van der Waals surface area contributed by atoms with Gasteiger partial charge in [-0.1, -0.05) is 26.7 Å². The van der Waals surface area contributed by atoms with Gasteiger partial charge in [0.2, 0.25) is 5.91 Å². The normalized spacial score (nSPS) is 21.6. The van der Waals surface area contributed by atoms with E-state index in [1.165, 1.54) is 19.3 Å². The zero-order valence-corrected chi connectivity index (χ0v) is 11.5. The molecule has 1 N–H and O–H groups in total. The maximum absolute atomic E-state index is 11.9. The van der Waals surface area contributed by atoms with Crippen LogP contribution in [0, 0.1) is 5.92 Å². The summed E-state index contributed by atoms with van der Waals surface area (Å²) in [5.74, 6) is 1.14. The molecule has 0 saturated carbocycles. The zero-order valence-electron chi connectivity index (χ0n) is 11.5. The van der Waals surface area contributed by atoms with Crippen molar-refractivity contribution in [3.8, 4) is 0 Å². The fourth-order valence-electron chi connectivity index (χ4n) is 2.54. The number of likely N-dealkylation sites (tertiary alicyclic amines) is 1. The molecule has 0 aromatic rings. The first kappa shape index (κ1) is 14.5. The minimum Gasteiger partial charge on any atom is -0.341 e. The number of amides is 1. The van der Waals surface area contributed by atoms with Crippen LogP contribution in [-0.4, -0.2) is 37.0 Å². The summed E-state index contributed by atoms with van der Waals surface area (Å²) in [4.78, 5) is 14.0. The van der Waals surface area contributed by atoms with Gasteiger partial charge in [0.25, 0.3) is 0 Å². The molecular formula is C14H28N2O. The fourth-order valence-corrected chi connectivity index (χ4v) is 2.54. The highest BCUT2D eigenvalue weighted by atomic mass is 16.2. The topological polar surface area (TPSA) is 32.3 Å². The van der Waals surface area contributed by atoms with Crippen molar-refractivity contribution in [2.24, 2.45) is 5.92 Å². The Morgan fingerprint density at radius 2 is 2.06 bits per heavy atom. The second kappa shape index (κ2) is 8.51. The highest BCUT2D eigenvalue weighted by Gasteiger charge is 2.21. The van der Waals surface area contributed by atoms with E-state index in [-0.39, 0.29) is 0 Å². The van der Waals surface area contributed by atoms with E-state index < -0.39 is 0 Å². The van der Waals surface area contributed by atoms with Gasteiger partial charge >= 0.3 is 0 Å². The SMILES string of the molecule is CCCNCCN1CCC(CCC)CCC1=O. The molecule has 1 heterocycles. The molecule has 1 amide bonds. The average Bonchev–Trinajstić information content (AvgIpc) is 2.50. The van der Waals surface area contributed by atoms with Crippen molar-refractivity contribution in [1.29, 1.82) is 0 Å². The third-order valence-corrected chi connectivity index (χ3v) is 3.61. The molecular weight excluding hydrogens is 212 g/mol. The number of nitrogens with one attached hydrogen (secondary N) is 1. The molecule has 3 nitrogen and oxygen atoms in total. The second-order valence-corrected chi connectivity index (χ2v) is 5.11. The van der Waals surface area contributed by atoms with E-state index in [1.807, 2.05) is 0 Å². The van der Waals surface area contributed by atoms with Crippen molar-refractivity contribution in [3.63, 3.8) is 0 Å². The van der Waals surface area contributed by atoms with E-state index in [0.29, 0.717) is 5.91 Å². The maximum atomic E-state index is 11.9. The first-order valence-electron chi connectivity index (χ1n) is 7.26. The molecule has 1 atom stereocenters. The van der Waals surface area contributed by atoms with Crippen LogP contribution in [0.5, 0.6) is 0 Å². The molecule has 1 saturated heterocycles. The van der Waals surface area contributed by atoms with E-state index in [1.54, 1.807) is 0 Å². The summed E-state index contributed by atoms with van der Waals surface area (Å²) in [5.41, 5.74) is 0. The third-order valence-electron chi connectivity index (χ3n) is 3.61. The molecule has 0 spiro atoms. The predicted octanol–water partition coefficient (Wildman–Crippen LogP) is 2.41. The Kier molecular flexibility index (Phi) is 7.25. The standard InChI is InChI=1S/C14H28N2O/c1-3-5-13-6-7-14(17)16(11-8-13)12-10-15-9-4-2/h13,15H,3-12H2,1-2H3. The minimum atomic E-state index is 0.363. The van der Waals surface area contributed by atoms with Crippen LogP contribution in [0.1, 0.15) is 52.4 Å². The predicted molar refractivity (Wildman–Crippen MR) is 72.0 cm³/mol. The minimum absolute atomic E-state index is 0.363. The van der Waals surface area contributed by atoms with E-state index in [2.05, 4.69) is 24.1 Å². The van der Waals surface area contributed by atoms with Crippen LogP contribution in [0.2, 0.25) is 0 Å². The fraction of sp³-hybridized carbons (Fsp3) is 0.929. The Morgan fingerprint density at radius 1 is 1.24 bits per heavy atom. The maximum Gasteiger partial charge on any atom is 0.222 e. The van der Waals surface area contributed by atoms with Crippen molar-refractivity contribution in [1.82, 2.24) is 10.2 Å². The Hall–Kier alpha value is -0.570. The van der Waals surface area contributed by atoms with Crippen LogP contribution in [0.15, 0.2) is 0 Å². The summed E-state index contributed by atoms with van der Waals surface area (Å²) in [6.45, 7) is 8.26. The van der Waals surface area contributed by atoms with Gasteiger partial charge in [-0.05, 0) is 31.7 Å². The van der Waals surface area contributed by atoms with Crippen LogP contribution >= 0.6 is 0 Å². The van der Waals surface area contributed by atoms with Gasteiger partial charge in [-0.15, -0.1) is 0 Å². The summed E-state index contributed by atoms with van der Waals surface area (Å²) in [5, 5.41) is 3.37. The Morgan fingerprint density at radius 3 is 2.76 bits per heavy atom. The molecule has 0 aromatic heterocycles. The number of rotatable bonds is 7. The average molecular weight is 240 g/mol. The van der Waals surface area contributed by atoms with Gasteiger partial charge in [-0.2, -0.15) is 0 Å². The first-order chi connectivity index (χ1) is 8.27. The number of hydrogen-bond donors (Lipinski definition) is 1. The number of carbonyl (C=O) groups excluding carboxylic acids is 1. The molecule has 1 fully saturated rings. The molecule has 0 aliphatic carbocycles. The highest BCUT2D eigenvalue weighted by Crippen LogP contribution is 2.22. The van der Waals surface area contributed by atoms with Gasteiger partial charge in [0, 0.05) is 26.1 Å². The van der Waals surface area contributed by atoms with Crippen molar-refractivity contribution in [2.45, 2.75) is 52.4 Å². The molecule has 1 rings (SSSR count). The lowest BCUT2D eigenvalue weighted by atomic mass is 9.96. The lowest BCUT2D eigenvalue weighted by Crippen LogP contribution is -2.36. The Labute approximate surface area is 106 Å². The number of carbonyl (C=O) groups is 1. The summed E-state index contributed by atoms with van der Waals surface area (Å²) < 4.78 is 0. The summed E-state index contributed by atoms with van der Waals surface area (Å²) in [7, 11) is 0. The van der Waals surface area contributed by atoms with Crippen molar-refractivity contribution >= 4 is 5.91 Å². The van der Waals surface area contributed by atoms with Gasteiger partial charge in [0.15, 0.2) is 0 Å². The monoisotopic (exact) mass is 240 g/mol. The summed E-state index contributed by atoms with van der Waals surface area (Å²) in [6.07, 6.45) is 6.76. The quantitative estimate of drug-likeness (QED) is 0.693. The largest absolute Gasteiger partial charge is 0.341 e. The van der Waals surface area contributed by atoms with Gasteiger partial charge < -0.3 is 10.2 Å². The van der Waals surface area contributed by atoms with E-state index >= 15 is 0 Å². The molecule has 17 heavy (non-hydrogen) atoms. The lowest BCUT2D eigenvalue weighted by molar-refractivity contribution is -0.130. The van der Waals surface area contributed by atoms with Gasteiger partial charge in [0.05, 0.1) is 0 Å². The molecule has 0 radical (unpaired) electrons. The summed E-state index contributed by atoms with van der Waals surface area (Å²) >= 11 is 0. The van der Waals surface area contributed by atoms with E-state index in [9.17, 15) is 4.79 Å². The molecule has 1 aliphatic heterocycles. The van der Waals surface area contributed by atoms with Crippen molar-refractivity contribution < 1.29 is 4.79 Å². The van der Waals surface area contributed by atoms with E-state index in [4.69, 9.17) is 0 Å². The third kappa shape index (κ3) is 5.53. The van der Waals surface area contributed by atoms with Crippen LogP contribution in [0.25, 0.3) is 0 Å². The van der Waals surface area contributed by atoms with Gasteiger partial charge in [-0.25, -0.2) is 0 Å². The smallest absolute Gasteiger partial charge is 0.222 e. The molecule has 0 bridgehead atoms. The summed E-state index contributed by atoms with van der Waals surface area (Å²) in [6, 6.07) is 0. The Balaban J connectivity index is 2.27. The van der Waals surface area contributed by atoms with Crippen LogP contribution in [-0.2, 0) is 4.79 Å². The van der Waals surface area contributed by atoms with E-state index in [0.717, 1.165) is 51.4 Å². The van der Waals surface area contributed by atoms with Gasteiger partial charge in [-0.3, -0.25) is 4.79 Å². The second-order valence-electron chi connectivity index (χ2n) is 5.11. The molecule has 0 aromatic carbocycles. The molecule has 100 valence electrons. The molecule has 1 unspecified atom stereocenters. The van der Waals surface area contributed by atoms with Crippen LogP contribution < -0.4 is 5.32 Å².